The van der Waals surface area contributed by atoms with Crippen molar-refractivity contribution >= 4 is 34.7 Å². The number of carbonyl (C=O) groups excluding carboxylic acids is 1. The van der Waals surface area contributed by atoms with Crippen LogP contribution in [-0.2, 0) is 10.5 Å². The Labute approximate surface area is 192 Å². The molecule has 7 heteroatoms. The summed E-state index contributed by atoms with van der Waals surface area (Å²) in [5.41, 5.74) is 4.62. The van der Waals surface area contributed by atoms with Crippen molar-refractivity contribution in [2.45, 2.75) is 12.7 Å². The van der Waals surface area contributed by atoms with Crippen LogP contribution in [0.4, 0.5) is 5.69 Å². The fourth-order valence-electron chi connectivity index (χ4n) is 3.54. The molecule has 3 aromatic rings. The number of aryl methyl sites for hydroxylation is 1. The van der Waals surface area contributed by atoms with Gasteiger partial charge < -0.3 is 14.5 Å². The third kappa shape index (κ3) is 5.60. The number of hydrogen-bond acceptors (Lipinski definition) is 6. The molecule has 0 bridgehead atoms. The molecule has 0 aliphatic carbocycles. The van der Waals surface area contributed by atoms with Gasteiger partial charge in [0.05, 0.1) is 18.6 Å². The molecule has 1 fully saturated rings. The molecule has 1 aliphatic rings. The van der Waals surface area contributed by atoms with Crippen molar-refractivity contribution in [1.82, 2.24) is 9.88 Å². The van der Waals surface area contributed by atoms with E-state index in [0.29, 0.717) is 5.75 Å². The minimum absolute atomic E-state index is 0.216. The molecule has 0 unspecified atom stereocenters. The van der Waals surface area contributed by atoms with Crippen molar-refractivity contribution in [3.8, 4) is 16.3 Å². The summed E-state index contributed by atoms with van der Waals surface area (Å²) in [5, 5.41) is 3.14. The minimum Gasteiger partial charge on any atom is -0.497 e. The number of amides is 1. The normalized spacial score (nSPS) is 14.0. The van der Waals surface area contributed by atoms with E-state index in [9.17, 15) is 4.79 Å². The summed E-state index contributed by atoms with van der Waals surface area (Å²) < 4.78 is 5.22. The second-order valence-electron chi connectivity index (χ2n) is 7.57. The predicted molar refractivity (Wildman–Crippen MR) is 130 cm³/mol. The molecular weight excluding hydrogens is 426 g/mol. The summed E-state index contributed by atoms with van der Waals surface area (Å²) in [7, 11) is 1.68. The number of piperazine rings is 1. The van der Waals surface area contributed by atoms with Crippen molar-refractivity contribution in [2.24, 2.45) is 0 Å². The zero-order valence-corrected chi connectivity index (χ0v) is 19.5. The number of carbonyl (C=O) groups is 1. The van der Waals surface area contributed by atoms with Crippen LogP contribution in [0.5, 0.6) is 5.75 Å². The second-order valence-corrected chi connectivity index (χ2v) is 9.41. The lowest BCUT2D eigenvalue weighted by Crippen LogP contribution is -2.49. The first-order chi connectivity index (χ1) is 15.1. The molecule has 4 rings (SSSR count). The van der Waals surface area contributed by atoms with Gasteiger partial charge in [-0.25, -0.2) is 4.98 Å². The second kappa shape index (κ2) is 10.2. The number of thioether (sulfide) groups is 1. The molecule has 1 amide bonds. The van der Waals surface area contributed by atoms with E-state index in [1.54, 1.807) is 30.2 Å². The van der Waals surface area contributed by atoms with Gasteiger partial charge in [0, 0.05) is 48.6 Å². The van der Waals surface area contributed by atoms with Gasteiger partial charge >= 0.3 is 0 Å². The molecule has 2 heterocycles. The highest BCUT2D eigenvalue weighted by atomic mass is 32.2. The van der Waals surface area contributed by atoms with Gasteiger partial charge in [-0.2, -0.15) is 0 Å². The standard InChI is InChI=1S/C24H27N3O2S2/c1-18-3-5-19(6-4-18)24-25-20(16-31-24)15-30-17-23(28)27-13-11-26(12-14-27)21-7-9-22(29-2)10-8-21/h3-10,16H,11-15,17H2,1-2H3. The molecule has 0 spiro atoms. The van der Waals surface area contributed by atoms with E-state index in [1.807, 2.05) is 17.0 Å². The van der Waals surface area contributed by atoms with Crippen molar-refractivity contribution in [1.29, 1.82) is 0 Å². The maximum atomic E-state index is 12.6. The summed E-state index contributed by atoms with van der Waals surface area (Å²) in [5.74, 6) is 2.34. The van der Waals surface area contributed by atoms with Crippen LogP contribution in [-0.4, -0.2) is 54.8 Å². The SMILES string of the molecule is COc1ccc(N2CCN(C(=O)CSCc3csc(-c4ccc(C)cc4)n3)CC2)cc1. The number of benzene rings is 2. The zero-order chi connectivity index (χ0) is 21.6. The fourth-order valence-corrected chi connectivity index (χ4v) is 5.29. The largest absolute Gasteiger partial charge is 0.497 e. The van der Waals surface area contributed by atoms with Crippen LogP contribution in [0.15, 0.2) is 53.9 Å². The third-order valence-corrected chi connectivity index (χ3v) is 7.29. The van der Waals surface area contributed by atoms with Gasteiger partial charge in [0.1, 0.15) is 10.8 Å². The van der Waals surface area contributed by atoms with Gasteiger partial charge in [-0.1, -0.05) is 29.8 Å². The Morgan fingerprint density at radius 2 is 1.77 bits per heavy atom. The average Bonchev–Trinajstić information content (AvgIpc) is 3.28. The summed E-state index contributed by atoms with van der Waals surface area (Å²) in [6.45, 7) is 5.33. The molecular formula is C24H27N3O2S2. The fraction of sp³-hybridized carbons (Fsp3) is 0.333. The topological polar surface area (TPSA) is 45.7 Å². The van der Waals surface area contributed by atoms with E-state index in [0.717, 1.165) is 53.9 Å². The highest BCUT2D eigenvalue weighted by molar-refractivity contribution is 7.99. The third-order valence-electron chi connectivity index (χ3n) is 5.40. The number of ether oxygens (including phenoxy) is 1. The average molecular weight is 454 g/mol. The summed E-state index contributed by atoms with van der Waals surface area (Å²) >= 11 is 3.31. The highest BCUT2D eigenvalue weighted by Crippen LogP contribution is 2.26. The van der Waals surface area contributed by atoms with Gasteiger partial charge in [0.25, 0.3) is 0 Å². The lowest BCUT2D eigenvalue weighted by Gasteiger charge is -2.36. The van der Waals surface area contributed by atoms with Crippen molar-refractivity contribution in [2.75, 3.05) is 43.9 Å². The Balaban J connectivity index is 1.21. The van der Waals surface area contributed by atoms with Crippen LogP contribution in [0.2, 0.25) is 0 Å². The van der Waals surface area contributed by atoms with E-state index >= 15 is 0 Å². The van der Waals surface area contributed by atoms with Crippen LogP contribution in [0.1, 0.15) is 11.3 Å². The number of thiazole rings is 1. The lowest BCUT2D eigenvalue weighted by molar-refractivity contribution is -0.128. The van der Waals surface area contributed by atoms with Crippen LogP contribution in [0.25, 0.3) is 10.6 Å². The highest BCUT2D eigenvalue weighted by Gasteiger charge is 2.21. The monoisotopic (exact) mass is 453 g/mol. The maximum Gasteiger partial charge on any atom is 0.232 e. The van der Waals surface area contributed by atoms with Gasteiger partial charge in [0.15, 0.2) is 0 Å². The Bertz CT molecular complexity index is 994. The Morgan fingerprint density at radius 1 is 1.06 bits per heavy atom. The maximum absolute atomic E-state index is 12.6. The molecule has 1 aromatic heterocycles. The first-order valence-corrected chi connectivity index (χ1v) is 12.4. The lowest BCUT2D eigenvalue weighted by atomic mass is 10.2. The van der Waals surface area contributed by atoms with E-state index in [4.69, 9.17) is 9.72 Å². The summed E-state index contributed by atoms with van der Waals surface area (Å²) in [6, 6.07) is 16.5. The first-order valence-electron chi connectivity index (χ1n) is 10.4. The van der Waals surface area contributed by atoms with Crippen LogP contribution in [0.3, 0.4) is 0 Å². The molecule has 5 nitrogen and oxygen atoms in total. The Kier molecular flexibility index (Phi) is 7.14. The number of anilines is 1. The minimum atomic E-state index is 0.216. The zero-order valence-electron chi connectivity index (χ0n) is 17.9. The van der Waals surface area contributed by atoms with Gasteiger partial charge in [0.2, 0.25) is 5.91 Å². The predicted octanol–water partition coefficient (Wildman–Crippen LogP) is 4.71. The van der Waals surface area contributed by atoms with Gasteiger partial charge in [-0.3, -0.25) is 4.79 Å². The number of rotatable bonds is 7. The number of nitrogens with zero attached hydrogens (tertiary/aromatic N) is 3. The number of methoxy groups -OCH3 is 1. The van der Waals surface area contributed by atoms with Gasteiger partial charge in [-0.15, -0.1) is 23.1 Å². The molecule has 162 valence electrons. The van der Waals surface area contributed by atoms with Crippen molar-refractivity contribution in [3.05, 3.63) is 65.2 Å². The number of aromatic nitrogens is 1. The molecule has 31 heavy (non-hydrogen) atoms. The molecule has 1 saturated heterocycles. The molecule has 0 atom stereocenters. The van der Waals surface area contributed by atoms with Crippen LogP contribution in [0, 0.1) is 6.92 Å². The van der Waals surface area contributed by atoms with Gasteiger partial charge in [-0.05, 0) is 31.2 Å². The van der Waals surface area contributed by atoms with Crippen molar-refractivity contribution < 1.29 is 9.53 Å². The Hall–Kier alpha value is -2.51. The van der Waals surface area contributed by atoms with Crippen LogP contribution >= 0.6 is 23.1 Å². The van der Waals surface area contributed by atoms with E-state index in [-0.39, 0.29) is 5.91 Å². The smallest absolute Gasteiger partial charge is 0.232 e. The number of hydrogen-bond donors (Lipinski definition) is 0. The van der Waals surface area contributed by atoms with E-state index < -0.39 is 0 Å². The Morgan fingerprint density at radius 3 is 2.45 bits per heavy atom. The summed E-state index contributed by atoms with van der Waals surface area (Å²) in [4.78, 5) is 21.7. The van der Waals surface area contributed by atoms with Crippen molar-refractivity contribution in [3.63, 3.8) is 0 Å². The molecule has 0 radical (unpaired) electrons. The quantitative estimate of drug-likeness (QED) is 0.518. The van der Waals surface area contributed by atoms with Crippen LogP contribution < -0.4 is 9.64 Å². The molecule has 0 N–H and O–H groups in total. The summed E-state index contributed by atoms with van der Waals surface area (Å²) in [6.07, 6.45) is 0. The first kappa shape index (κ1) is 21.7. The van der Waals surface area contributed by atoms with E-state index in [2.05, 4.69) is 53.6 Å². The molecule has 1 aliphatic heterocycles. The molecule has 2 aromatic carbocycles. The molecule has 0 saturated carbocycles. The van der Waals surface area contributed by atoms with E-state index in [1.165, 1.54) is 11.3 Å².